The van der Waals surface area contributed by atoms with E-state index >= 15 is 0 Å². The molecule has 0 saturated carbocycles. The van der Waals surface area contributed by atoms with E-state index in [1.165, 1.54) is 0 Å². The standard InChI is InChI=1S/C10H15IN2O2/c1-14-10-9(11)7-13(12-10)6-8-2-4-15-5-3-8/h7-8H,2-6H2,1H3. The van der Waals surface area contributed by atoms with Crippen molar-refractivity contribution in [3.8, 4) is 5.88 Å². The van der Waals surface area contributed by atoms with Gasteiger partial charge in [-0.15, -0.1) is 5.10 Å². The molecule has 1 saturated heterocycles. The number of hydrogen-bond donors (Lipinski definition) is 0. The van der Waals surface area contributed by atoms with Crippen LogP contribution in [0.4, 0.5) is 0 Å². The molecule has 1 aliphatic heterocycles. The number of methoxy groups -OCH3 is 1. The van der Waals surface area contributed by atoms with Crippen molar-refractivity contribution in [1.29, 1.82) is 0 Å². The summed E-state index contributed by atoms with van der Waals surface area (Å²) < 4.78 is 13.5. The first-order valence-corrected chi connectivity index (χ1v) is 6.22. The molecule has 5 heteroatoms. The van der Waals surface area contributed by atoms with Gasteiger partial charge in [0.1, 0.15) is 0 Å². The lowest BCUT2D eigenvalue weighted by Gasteiger charge is -2.21. The lowest BCUT2D eigenvalue weighted by Crippen LogP contribution is -2.20. The Bertz CT molecular complexity index is 321. The van der Waals surface area contributed by atoms with Crippen LogP contribution < -0.4 is 4.74 Å². The maximum Gasteiger partial charge on any atom is 0.246 e. The zero-order valence-corrected chi connectivity index (χ0v) is 10.9. The highest BCUT2D eigenvalue weighted by Gasteiger charge is 2.16. The summed E-state index contributed by atoms with van der Waals surface area (Å²) in [5.41, 5.74) is 0. The fraction of sp³-hybridized carbons (Fsp3) is 0.700. The van der Waals surface area contributed by atoms with Crippen LogP contribution in [-0.2, 0) is 11.3 Å². The van der Waals surface area contributed by atoms with Gasteiger partial charge in [-0.3, -0.25) is 4.68 Å². The second-order valence-corrected chi connectivity index (χ2v) is 4.93. The van der Waals surface area contributed by atoms with E-state index in [0.29, 0.717) is 5.92 Å². The molecule has 0 spiro atoms. The Kier molecular flexibility index (Phi) is 3.85. The van der Waals surface area contributed by atoms with Crippen molar-refractivity contribution in [3.63, 3.8) is 0 Å². The molecule has 0 amide bonds. The van der Waals surface area contributed by atoms with Crippen molar-refractivity contribution in [2.75, 3.05) is 20.3 Å². The quantitative estimate of drug-likeness (QED) is 0.798. The predicted octanol–water partition coefficient (Wildman–Crippen LogP) is 1.92. The number of hydrogen-bond acceptors (Lipinski definition) is 3. The zero-order valence-electron chi connectivity index (χ0n) is 8.78. The Balaban J connectivity index is 1.97. The smallest absolute Gasteiger partial charge is 0.246 e. The number of nitrogens with zero attached hydrogens (tertiary/aromatic N) is 2. The molecule has 0 aromatic carbocycles. The number of aromatic nitrogens is 2. The van der Waals surface area contributed by atoms with Gasteiger partial charge in [0.2, 0.25) is 5.88 Å². The second-order valence-electron chi connectivity index (χ2n) is 3.76. The Morgan fingerprint density at radius 3 is 2.93 bits per heavy atom. The van der Waals surface area contributed by atoms with E-state index in [-0.39, 0.29) is 0 Å². The van der Waals surface area contributed by atoms with E-state index in [2.05, 4.69) is 27.7 Å². The number of ether oxygens (including phenoxy) is 2. The molecule has 2 rings (SSSR count). The minimum Gasteiger partial charge on any atom is -0.479 e. The normalized spacial score (nSPS) is 18.0. The highest BCUT2D eigenvalue weighted by Crippen LogP contribution is 2.21. The molecule has 1 aromatic rings. The van der Waals surface area contributed by atoms with E-state index in [1.54, 1.807) is 7.11 Å². The fourth-order valence-corrected chi connectivity index (χ4v) is 2.45. The summed E-state index contributed by atoms with van der Waals surface area (Å²) in [5, 5.41) is 4.37. The molecule has 0 aliphatic carbocycles. The molecule has 4 nitrogen and oxygen atoms in total. The van der Waals surface area contributed by atoms with Gasteiger partial charge in [-0.1, -0.05) is 0 Å². The van der Waals surface area contributed by atoms with Crippen LogP contribution in [-0.4, -0.2) is 30.1 Å². The van der Waals surface area contributed by atoms with Crippen LogP contribution in [0.2, 0.25) is 0 Å². The van der Waals surface area contributed by atoms with E-state index in [1.807, 2.05) is 10.9 Å². The van der Waals surface area contributed by atoms with Gasteiger partial charge in [0.05, 0.1) is 10.7 Å². The topological polar surface area (TPSA) is 36.3 Å². The predicted molar refractivity (Wildman–Crippen MR) is 65.0 cm³/mol. The van der Waals surface area contributed by atoms with Gasteiger partial charge >= 0.3 is 0 Å². The molecule has 1 aromatic heterocycles. The van der Waals surface area contributed by atoms with Crippen LogP contribution in [0, 0.1) is 9.49 Å². The lowest BCUT2D eigenvalue weighted by atomic mass is 10.0. The van der Waals surface area contributed by atoms with Crippen molar-refractivity contribution in [1.82, 2.24) is 9.78 Å². The molecule has 0 unspecified atom stereocenters. The summed E-state index contributed by atoms with van der Waals surface area (Å²) in [5.74, 6) is 1.42. The highest BCUT2D eigenvalue weighted by molar-refractivity contribution is 14.1. The number of rotatable bonds is 3. The zero-order chi connectivity index (χ0) is 10.7. The third-order valence-corrected chi connectivity index (χ3v) is 3.41. The SMILES string of the molecule is COc1nn(CC2CCOCC2)cc1I. The first kappa shape index (κ1) is 11.2. The third-order valence-electron chi connectivity index (χ3n) is 2.67. The van der Waals surface area contributed by atoms with Crippen LogP contribution in [0.5, 0.6) is 5.88 Å². The molecule has 0 N–H and O–H groups in total. The first-order valence-electron chi connectivity index (χ1n) is 5.14. The summed E-state index contributed by atoms with van der Waals surface area (Å²) in [4.78, 5) is 0. The first-order chi connectivity index (χ1) is 7.29. The Labute approximate surface area is 103 Å². The average molecular weight is 322 g/mol. The van der Waals surface area contributed by atoms with Gasteiger partial charge in [0.25, 0.3) is 0 Å². The minimum atomic E-state index is 0.694. The average Bonchev–Trinajstić information content (AvgIpc) is 2.60. The lowest BCUT2D eigenvalue weighted by molar-refractivity contribution is 0.0600. The van der Waals surface area contributed by atoms with Crippen molar-refractivity contribution < 1.29 is 9.47 Å². The van der Waals surface area contributed by atoms with Crippen LogP contribution in [0.3, 0.4) is 0 Å². The summed E-state index contributed by atoms with van der Waals surface area (Å²) in [7, 11) is 1.66. The van der Waals surface area contributed by atoms with E-state index in [0.717, 1.165) is 42.1 Å². The number of halogens is 1. The molecule has 0 atom stereocenters. The van der Waals surface area contributed by atoms with E-state index in [9.17, 15) is 0 Å². The molecular weight excluding hydrogens is 307 g/mol. The van der Waals surface area contributed by atoms with Gasteiger partial charge in [-0.05, 0) is 41.4 Å². The molecule has 2 heterocycles. The fourth-order valence-electron chi connectivity index (χ4n) is 1.80. The van der Waals surface area contributed by atoms with Crippen molar-refractivity contribution in [2.45, 2.75) is 19.4 Å². The highest BCUT2D eigenvalue weighted by atomic mass is 127. The summed E-state index contributed by atoms with van der Waals surface area (Å²) >= 11 is 2.24. The van der Waals surface area contributed by atoms with Crippen LogP contribution in [0.1, 0.15) is 12.8 Å². The largest absolute Gasteiger partial charge is 0.479 e. The molecular formula is C10H15IN2O2. The van der Waals surface area contributed by atoms with Gasteiger partial charge < -0.3 is 9.47 Å². The van der Waals surface area contributed by atoms with Gasteiger partial charge in [0.15, 0.2) is 0 Å². The van der Waals surface area contributed by atoms with Crippen LogP contribution in [0.15, 0.2) is 6.20 Å². The van der Waals surface area contributed by atoms with E-state index < -0.39 is 0 Å². The van der Waals surface area contributed by atoms with E-state index in [4.69, 9.17) is 9.47 Å². The maximum absolute atomic E-state index is 5.33. The third kappa shape index (κ3) is 2.84. The Morgan fingerprint density at radius 1 is 1.60 bits per heavy atom. The summed E-state index contributed by atoms with van der Waals surface area (Å²) in [6.45, 7) is 2.75. The van der Waals surface area contributed by atoms with Gasteiger partial charge in [-0.2, -0.15) is 0 Å². The molecule has 1 aliphatic rings. The van der Waals surface area contributed by atoms with Crippen molar-refractivity contribution >= 4 is 22.6 Å². The maximum atomic E-state index is 5.33. The summed E-state index contributed by atoms with van der Waals surface area (Å²) in [6, 6.07) is 0. The second kappa shape index (κ2) is 5.16. The molecule has 0 radical (unpaired) electrons. The molecule has 1 fully saturated rings. The molecule has 0 bridgehead atoms. The minimum absolute atomic E-state index is 0.694. The molecule has 15 heavy (non-hydrogen) atoms. The molecule has 84 valence electrons. The van der Waals surface area contributed by atoms with Gasteiger partial charge in [-0.25, -0.2) is 0 Å². The Hall–Kier alpha value is -0.300. The monoisotopic (exact) mass is 322 g/mol. The van der Waals surface area contributed by atoms with Crippen LogP contribution >= 0.6 is 22.6 Å². The van der Waals surface area contributed by atoms with Crippen molar-refractivity contribution in [2.24, 2.45) is 5.92 Å². The summed E-state index contributed by atoms with van der Waals surface area (Å²) in [6.07, 6.45) is 4.31. The van der Waals surface area contributed by atoms with Gasteiger partial charge in [0, 0.05) is 26.0 Å². The van der Waals surface area contributed by atoms with Crippen LogP contribution in [0.25, 0.3) is 0 Å². The Morgan fingerprint density at radius 2 is 2.33 bits per heavy atom. The van der Waals surface area contributed by atoms with Crippen molar-refractivity contribution in [3.05, 3.63) is 9.77 Å².